The molecule has 1 fully saturated rings. The fourth-order valence-electron chi connectivity index (χ4n) is 3.91. The molecule has 0 heterocycles. The van der Waals surface area contributed by atoms with Gasteiger partial charge >= 0.3 is 0 Å². The van der Waals surface area contributed by atoms with Crippen LogP contribution in [0.25, 0.3) is 0 Å². The van der Waals surface area contributed by atoms with Crippen molar-refractivity contribution in [3.63, 3.8) is 0 Å². The second-order valence-electron chi connectivity index (χ2n) is 7.81. The van der Waals surface area contributed by atoms with Gasteiger partial charge in [-0.25, -0.2) is 0 Å². The third-order valence-electron chi connectivity index (χ3n) is 5.72. The minimum absolute atomic E-state index is 0.726. The lowest BCUT2D eigenvalue weighted by Gasteiger charge is -2.28. The summed E-state index contributed by atoms with van der Waals surface area (Å²) in [7, 11) is 0. The van der Waals surface area contributed by atoms with Gasteiger partial charge < -0.3 is 4.74 Å². The first-order valence-electron chi connectivity index (χ1n) is 10.6. The molecular weight excluding hydrogens is 328 g/mol. The predicted molar refractivity (Wildman–Crippen MR) is 114 cm³/mol. The highest BCUT2D eigenvalue weighted by atomic mass is 16.5. The Morgan fingerprint density at radius 1 is 0.778 bits per heavy atom. The van der Waals surface area contributed by atoms with Gasteiger partial charge in [-0.1, -0.05) is 63.5 Å². The van der Waals surface area contributed by atoms with Crippen LogP contribution in [0.3, 0.4) is 0 Å². The Morgan fingerprint density at radius 2 is 1.33 bits per heavy atom. The minimum Gasteiger partial charge on any atom is -0.493 e. The summed E-state index contributed by atoms with van der Waals surface area (Å²) in [5.74, 6) is 9.13. The van der Waals surface area contributed by atoms with E-state index >= 15 is 0 Å². The Bertz CT molecular complexity index is 738. The second-order valence-corrected chi connectivity index (χ2v) is 7.81. The van der Waals surface area contributed by atoms with Crippen molar-refractivity contribution in [3.05, 3.63) is 65.2 Å². The number of hydrogen-bond acceptors (Lipinski definition) is 1. The molecule has 1 aliphatic rings. The first-order valence-corrected chi connectivity index (χ1v) is 10.6. The molecule has 1 heteroatoms. The van der Waals surface area contributed by atoms with Gasteiger partial charge in [0.1, 0.15) is 5.75 Å². The van der Waals surface area contributed by atoms with Crippen LogP contribution in [0.5, 0.6) is 5.75 Å². The average Bonchev–Trinajstić information content (AvgIpc) is 2.73. The number of hydrogen-bond donors (Lipinski definition) is 0. The SMILES string of the molecule is CCCC1CCC(COc2ccc(C#Cc3ccc(CC)cc3)cc2)CC1. The van der Waals surface area contributed by atoms with Gasteiger partial charge in [0.2, 0.25) is 0 Å². The van der Waals surface area contributed by atoms with E-state index in [1.165, 1.54) is 44.1 Å². The number of rotatable bonds is 6. The summed E-state index contributed by atoms with van der Waals surface area (Å²) >= 11 is 0. The van der Waals surface area contributed by atoms with Crippen molar-refractivity contribution in [2.24, 2.45) is 11.8 Å². The molecule has 0 spiro atoms. The van der Waals surface area contributed by atoms with E-state index < -0.39 is 0 Å². The quantitative estimate of drug-likeness (QED) is 0.525. The van der Waals surface area contributed by atoms with E-state index in [0.29, 0.717) is 0 Å². The van der Waals surface area contributed by atoms with Crippen molar-refractivity contribution < 1.29 is 4.74 Å². The van der Waals surface area contributed by atoms with Crippen molar-refractivity contribution in [1.82, 2.24) is 0 Å². The molecule has 0 amide bonds. The molecule has 1 aliphatic carbocycles. The van der Waals surface area contributed by atoms with Crippen LogP contribution < -0.4 is 4.74 Å². The zero-order valence-electron chi connectivity index (χ0n) is 16.8. The zero-order chi connectivity index (χ0) is 18.9. The molecule has 0 aromatic heterocycles. The minimum atomic E-state index is 0.726. The molecule has 1 saturated carbocycles. The number of ether oxygens (including phenoxy) is 1. The zero-order valence-corrected chi connectivity index (χ0v) is 16.8. The highest BCUT2D eigenvalue weighted by Gasteiger charge is 2.20. The van der Waals surface area contributed by atoms with Gasteiger partial charge in [-0.05, 0) is 73.1 Å². The van der Waals surface area contributed by atoms with Gasteiger partial charge in [-0.2, -0.15) is 0 Å². The summed E-state index contributed by atoms with van der Waals surface area (Å²) in [6.45, 7) is 5.32. The molecule has 2 aromatic carbocycles. The van der Waals surface area contributed by atoms with Gasteiger partial charge in [-0.15, -0.1) is 0 Å². The lowest BCUT2D eigenvalue weighted by atomic mass is 9.80. The Hall–Kier alpha value is -2.20. The van der Waals surface area contributed by atoms with Crippen LogP contribution in [0, 0.1) is 23.7 Å². The Labute approximate surface area is 165 Å². The van der Waals surface area contributed by atoms with Crippen LogP contribution in [-0.4, -0.2) is 6.61 Å². The van der Waals surface area contributed by atoms with Crippen molar-refractivity contribution in [2.45, 2.75) is 58.8 Å². The molecule has 0 unspecified atom stereocenters. The molecule has 0 saturated heterocycles. The van der Waals surface area contributed by atoms with Gasteiger partial charge in [0.25, 0.3) is 0 Å². The van der Waals surface area contributed by atoms with Gasteiger partial charge in [0.05, 0.1) is 6.61 Å². The maximum absolute atomic E-state index is 6.04. The van der Waals surface area contributed by atoms with Crippen LogP contribution in [0.2, 0.25) is 0 Å². The molecule has 2 aromatic rings. The molecule has 3 rings (SSSR count). The summed E-state index contributed by atoms with van der Waals surface area (Å²) in [6.07, 6.45) is 9.21. The summed E-state index contributed by atoms with van der Waals surface area (Å²) in [4.78, 5) is 0. The Morgan fingerprint density at radius 3 is 1.89 bits per heavy atom. The number of aryl methyl sites for hydroxylation is 1. The van der Waals surface area contributed by atoms with E-state index in [1.807, 2.05) is 12.1 Å². The van der Waals surface area contributed by atoms with Gasteiger partial charge in [0, 0.05) is 11.1 Å². The summed E-state index contributed by atoms with van der Waals surface area (Å²) in [5, 5.41) is 0. The standard InChI is InChI=1S/C26H32O/c1-3-5-22-12-14-25(15-13-22)20-27-26-18-16-24(17-19-26)11-10-23-8-6-21(4-2)7-9-23/h6-9,16-19,22,25H,3-5,12-15,20H2,1-2H3. The molecular formula is C26H32O. The maximum atomic E-state index is 6.04. The third-order valence-corrected chi connectivity index (χ3v) is 5.72. The van der Waals surface area contributed by atoms with E-state index in [1.54, 1.807) is 0 Å². The predicted octanol–water partition coefficient (Wildman–Crippen LogP) is 6.63. The first-order chi connectivity index (χ1) is 13.3. The van der Waals surface area contributed by atoms with E-state index in [4.69, 9.17) is 4.74 Å². The smallest absolute Gasteiger partial charge is 0.119 e. The monoisotopic (exact) mass is 360 g/mol. The maximum Gasteiger partial charge on any atom is 0.119 e. The summed E-state index contributed by atoms with van der Waals surface area (Å²) in [5.41, 5.74) is 3.44. The van der Waals surface area contributed by atoms with Crippen LogP contribution in [0.4, 0.5) is 0 Å². The normalized spacial score (nSPS) is 19.2. The van der Waals surface area contributed by atoms with E-state index in [0.717, 1.165) is 41.7 Å². The van der Waals surface area contributed by atoms with E-state index in [9.17, 15) is 0 Å². The first kappa shape index (κ1) is 19.6. The molecule has 0 bridgehead atoms. The fourth-order valence-corrected chi connectivity index (χ4v) is 3.91. The van der Waals surface area contributed by atoms with Crippen molar-refractivity contribution >= 4 is 0 Å². The fraction of sp³-hybridized carbons (Fsp3) is 0.462. The molecule has 27 heavy (non-hydrogen) atoms. The Balaban J connectivity index is 1.47. The van der Waals surface area contributed by atoms with E-state index in [2.05, 4.69) is 62.1 Å². The van der Waals surface area contributed by atoms with Crippen LogP contribution in [0.15, 0.2) is 48.5 Å². The molecule has 0 aliphatic heterocycles. The Kier molecular flexibility index (Phi) is 7.40. The van der Waals surface area contributed by atoms with Crippen molar-refractivity contribution in [3.8, 4) is 17.6 Å². The third kappa shape index (κ3) is 6.17. The summed E-state index contributed by atoms with van der Waals surface area (Å²) in [6, 6.07) is 16.7. The largest absolute Gasteiger partial charge is 0.493 e. The highest BCUT2D eigenvalue weighted by Crippen LogP contribution is 2.31. The molecule has 0 radical (unpaired) electrons. The van der Waals surface area contributed by atoms with Crippen molar-refractivity contribution in [1.29, 1.82) is 0 Å². The van der Waals surface area contributed by atoms with E-state index in [-0.39, 0.29) is 0 Å². The van der Waals surface area contributed by atoms with Gasteiger partial charge in [-0.3, -0.25) is 0 Å². The lowest BCUT2D eigenvalue weighted by Crippen LogP contribution is -2.20. The van der Waals surface area contributed by atoms with Gasteiger partial charge in [0.15, 0.2) is 0 Å². The van der Waals surface area contributed by atoms with Crippen LogP contribution in [-0.2, 0) is 6.42 Å². The highest BCUT2D eigenvalue weighted by molar-refractivity contribution is 5.44. The molecule has 0 N–H and O–H groups in total. The average molecular weight is 361 g/mol. The molecule has 142 valence electrons. The molecule has 1 nitrogen and oxygen atoms in total. The number of benzene rings is 2. The summed E-state index contributed by atoms with van der Waals surface area (Å²) < 4.78 is 6.04. The lowest BCUT2D eigenvalue weighted by molar-refractivity contribution is 0.178. The second kappa shape index (κ2) is 10.2. The topological polar surface area (TPSA) is 9.23 Å². The van der Waals surface area contributed by atoms with Crippen molar-refractivity contribution in [2.75, 3.05) is 6.61 Å². The molecule has 0 atom stereocenters. The van der Waals surface area contributed by atoms with Crippen LogP contribution in [0.1, 0.15) is 69.1 Å². The van der Waals surface area contributed by atoms with Crippen LogP contribution >= 0.6 is 0 Å².